The fraction of sp³-hybridized carbons (Fsp3) is 0.423. The Morgan fingerprint density at radius 1 is 1.14 bits per heavy atom. The van der Waals surface area contributed by atoms with Gasteiger partial charge in [0.1, 0.15) is 0 Å². The van der Waals surface area contributed by atoms with E-state index in [0.29, 0.717) is 11.5 Å². The summed E-state index contributed by atoms with van der Waals surface area (Å²) in [6.07, 6.45) is 8.34. The third-order valence-electron chi connectivity index (χ3n) is 6.35. The molecule has 0 aliphatic heterocycles. The van der Waals surface area contributed by atoms with E-state index in [4.69, 9.17) is 4.74 Å². The fourth-order valence-electron chi connectivity index (χ4n) is 4.58. The van der Waals surface area contributed by atoms with Crippen molar-refractivity contribution in [1.29, 1.82) is 0 Å². The van der Waals surface area contributed by atoms with Crippen LogP contribution in [0.3, 0.4) is 0 Å². The molecule has 0 radical (unpaired) electrons. The number of benzene rings is 2. The van der Waals surface area contributed by atoms with Gasteiger partial charge in [-0.3, -0.25) is 0 Å². The average Bonchev–Trinajstić information content (AvgIpc) is 2.71. The maximum Gasteiger partial charge on any atom is 0.342 e. The molecule has 2 nitrogen and oxygen atoms in total. The number of hydrogen-bond donors (Lipinski definition) is 0. The van der Waals surface area contributed by atoms with E-state index < -0.39 is 0 Å². The quantitative estimate of drug-likeness (QED) is 0.397. The minimum absolute atomic E-state index is 0.222. The van der Waals surface area contributed by atoms with Crippen molar-refractivity contribution in [2.45, 2.75) is 64.7 Å². The Hall–Kier alpha value is -2.35. The van der Waals surface area contributed by atoms with E-state index in [1.807, 2.05) is 24.3 Å². The van der Waals surface area contributed by atoms with Crippen LogP contribution in [-0.4, -0.2) is 5.97 Å². The highest BCUT2D eigenvalue weighted by molar-refractivity contribution is 5.89. The highest BCUT2D eigenvalue weighted by atomic mass is 16.5. The second-order valence-corrected chi connectivity index (χ2v) is 8.53. The van der Waals surface area contributed by atoms with E-state index in [0.717, 1.165) is 11.5 Å². The van der Waals surface area contributed by atoms with Gasteiger partial charge in [0.05, 0.1) is 11.8 Å². The first-order valence-electron chi connectivity index (χ1n) is 10.5. The maximum absolute atomic E-state index is 12.1. The van der Waals surface area contributed by atoms with Crippen molar-refractivity contribution in [2.24, 2.45) is 5.92 Å². The lowest BCUT2D eigenvalue weighted by Crippen LogP contribution is -2.29. The van der Waals surface area contributed by atoms with Gasteiger partial charge in [-0.25, -0.2) is 4.79 Å². The molecule has 2 heteroatoms. The SMILES string of the molecule is CCC(CC)C1CCC(C)(C)c2ccc(C=COC(=O)c3ccccc3)cc21. The molecule has 1 unspecified atom stereocenters. The van der Waals surface area contributed by atoms with Gasteiger partial charge in [-0.1, -0.05) is 76.9 Å². The highest BCUT2D eigenvalue weighted by Gasteiger charge is 2.35. The van der Waals surface area contributed by atoms with Crippen LogP contribution in [0.25, 0.3) is 6.08 Å². The molecule has 0 saturated heterocycles. The van der Waals surface area contributed by atoms with Gasteiger partial charge in [0, 0.05) is 0 Å². The number of carbonyl (C=O) groups is 1. The average molecular weight is 377 g/mol. The zero-order chi connectivity index (χ0) is 20.1. The summed E-state index contributed by atoms with van der Waals surface area (Å²) in [5, 5.41) is 0. The third-order valence-corrected chi connectivity index (χ3v) is 6.35. The summed E-state index contributed by atoms with van der Waals surface area (Å²) >= 11 is 0. The minimum atomic E-state index is -0.328. The Morgan fingerprint density at radius 2 is 1.86 bits per heavy atom. The lowest BCUT2D eigenvalue weighted by molar-refractivity contribution is 0.0665. The molecule has 0 spiro atoms. The Morgan fingerprint density at radius 3 is 2.54 bits per heavy atom. The number of rotatable bonds is 6. The first-order valence-corrected chi connectivity index (χ1v) is 10.5. The van der Waals surface area contributed by atoms with Crippen molar-refractivity contribution in [3.8, 4) is 0 Å². The molecule has 3 rings (SSSR count). The summed E-state index contributed by atoms with van der Waals surface area (Å²) in [7, 11) is 0. The van der Waals surface area contributed by atoms with Crippen LogP contribution in [0, 0.1) is 5.92 Å². The van der Waals surface area contributed by atoms with Gasteiger partial charge in [-0.15, -0.1) is 0 Å². The summed E-state index contributed by atoms with van der Waals surface area (Å²) in [5.74, 6) is 1.02. The molecule has 0 bridgehead atoms. The van der Waals surface area contributed by atoms with E-state index in [-0.39, 0.29) is 11.4 Å². The van der Waals surface area contributed by atoms with Gasteiger partial charge in [-0.2, -0.15) is 0 Å². The first kappa shape index (κ1) is 20.4. The van der Waals surface area contributed by atoms with Gasteiger partial charge in [0.15, 0.2) is 0 Å². The molecule has 1 aliphatic carbocycles. The predicted octanol–water partition coefficient (Wildman–Crippen LogP) is 7.11. The molecule has 0 fully saturated rings. The van der Waals surface area contributed by atoms with E-state index in [1.165, 1.54) is 43.1 Å². The van der Waals surface area contributed by atoms with Crippen LogP contribution >= 0.6 is 0 Å². The number of carbonyl (C=O) groups excluding carboxylic acids is 1. The predicted molar refractivity (Wildman–Crippen MR) is 116 cm³/mol. The van der Waals surface area contributed by atoms with Crippen LogP contribution in [-0.2, 0) is 10.2 Å². The van der Waals surface area contributed by atoms with Crippen LogP contribution in [0.1, 0.15) is 86.3 Å². The van der Waals surface area contributed by atoms with Crippen molar-refractivity contribution in [3.63, 3.8) is 0 Å². The monoisotopic (exact) mass is 376 g/mol. The Labute approximate surface area is 169 Å². The maximum atomic E-state index is 12.1. The molecule has 148 valence electrons. The molecule has 0 saturated carbocycles. The molecule has 1 atom stereocenters. The first-order chi connectivity index (χ1) is 13.5. The van der Waals surface area contributed by atoms with Crippen LogP contribution in [0.15, 0.2) is 54.8 Å². The lowest BCUT2D eigenvalue weighted by Gasteiger charge is -2.40. The summed E-state index contributed by atoms with van der Waals surface area (Å²) in [4.78, 5) is 12.1. The zero-order valence-corrected chi connectivity index (χ0v) is 17.6. The van der Waals surface area contributed by atoms with Gasteiger partial charge in [-0.05, 0) is 65.0 Å². The molecule has 0 amide bonds. The van der Waals surface area contributed by atoms with E-state index in [2.05, 4.69) is 45.9 Å². The van der Waals surface area contributed by atoms with Crippen molar-refractivity contribution >= 4 is 12.0 Å². The number of fused-ring (bicyclic) bond motifs is 1. The van der Waals surface area contributed by atoms with E-state index in [1.54, 1.807) is 12.1 Å². The molecular formula is C26H32O2. The molecule has 0 N–H and O–H groups in total. The molecule has 2 aromatic carbocycles. The molecular weight excluding hydrogens is 344 g/mol. The highest BCUT2D eigenvalue weighted by Crippen LogP contribution is 2.47. The van der Waals surface area contributed by atoms with Crippen molar-refractivity contribution in [1.82, 2.24) is 0 Å². The lowest BCUT2D eigenvalue weighted by atomic mass is 9.64. The topological polar surface area (TPSA) is 26.3 Å². The number of ether oxygens (including phenoxy) is 1. The van der Waals surface area contributed by atoms with Crippen LogP contribution in [0.4, 0.5) is 0 Å². The Kier molecular flexibility index (Phi) is 6.39. The zero-order valence-electron chi connectivity index (χ0n) is 17.6. The van der Waals surface area contributed by atoms with Crippen LogP contribution < -0.4 is 0 Å². The normalized spacial score (nSPS) is 18.2. The Balaban J connectivity index is 1.82. The molecule has 1 aliphatic rings. The second kappa shape index (κ2) is 8.77. The van der Waals surface area contributed by atoms with Gasteiger partial charge >= 0.3 is 5.97 Å². The smallest absolute Gasteiger partial charge is 0.342 e. The summed E-state index contributed by atoms with van der Waals surface area (Å²) in [6, 6.07) is 15.8. The van der Waals surface area contributed by atoms with Crippen LogP contribution in [0.5, 0.6) is 0 Å². The number of esters is 1. The van der Waals surface area contributed by atoms with Crippen LogP contribution in [0.2, 0.25) is 0 Å². The van der Waals surface area contributed by atoms with Gasteiger partial charge in [0.25, 0.3) is 0 Å². The third kappa shape index (κ3) is 4.38. The molecule has 28 heavy (non-hydrogen) atoms. The standard InChI is InChI=1S/C26H32O2/c1-5-20(6-2)22-14-16-26(3,4)24-13-12-19(18-23(22)24)15-17-28-25(27)21-10-8-7-9-11-21/h7-13,15,17-18,20,22H,5-6,14,16H2,1-4H3. The second-order valence-electron chi connectivity index (χ2n) is 8.53. The van der Waals surface area contributed by atoms with Gasteiger partial charge < -0.3 is 4.74 Å². The Bertz CT molecular complexity index is 829. The van der Waals surface area contributed by atoms with Crippen molar-refractivity contribution in [2.75, 3.05) is 0 Å². The summed E-state index contributed by atoms with van der Waals surface area (Å²) in [5.41, 5.74) is 4.84. The number of hydrogen-bond acceptors (Lipinski definition) is 2. The fourth-order valence-corrected chi connectivity index (χ4v) is 4.58. The molecule has 2 aromatic rings. The molecule has 0 aromatic heterocycles. The van der Waals surface area contributed by atoms with E-state index >= 15 is 0 Å². The summed E-state index contributed by atoms with van der Waals surface area (Å²) in [6.45, 7) is 9.32. The van der Waals surface area contributed by atoms with Gasteiger partial charge in [0.2, 0.25) is 0 Å². The van der Waals surface area contributed by atoms with Crippen molar-refractivity contribution in [3.05, 3.63) is 77.0 Å². The largest absolute Gasteiger partial charge is 0.431 e. The minimum Gasteiger partial charge on any atom is -0.431 e. The molecule has 0 heterocycles. The van der Waals surface area contributed by atoms with E-state index in [9.17, 15) is 4.79 Å². The summed E-state index contributed by atoms with van der Waals surface area (Å²) < 4.78 is 5.31. The van der Waals surface area contributed by atoms with Crippen molar-refractivity contribution < 1.29 is 9.53 Å².